The molecule has 0 aromatic heterocycles. The summed E-state index contributed by atoms with van der Waals surface area (Å²) >= 11 is 1.80. The van der Waals surface area contributed by atoms with E-state index < -0.39 is 11.9 Å². The largest absolute Gasteiger partial charge is 0.494 e. The van der Waals surface area contributed by atoms with Crippen molar-refractivity contribution in [3.63, 3.8) is 0 Å². The SMILES string of the molecule is CSCCCOc1cc(C)c(-c2cc(COc3ccc4c(c3)OC[C@H]4OC(C)=O)c(F)cc2OCc2ccccc2)c(C)c1. The molecule has 230 valence electrons. The summed E-state index contributed by atoms with van der Waals surface area (Å²) < 4.78 is 44.9. The summed E-state index contributed by atoms with van der Waals surface area (Å²) in [4.78, 5) is 11.4. The first-order chi connectivity index (χ1) is 21.3. The number of ether oxygens (including phenoxy) is 5. The predicted molar refractivity (Wildman–Crippen MR) is 171 cm³/mol. The molecule has 0 aliphatic carbocycles. The van der Waals surface area contributed by atoms with Crippen molar-refractivity contribution >= 4 is 17.7 Å². The first-order valence-electron chi connectivity index (χ1n) is 14.6. The van der Waals surface area contributed by atoms with Gasteiger partial charge in [0.15, 0.2) is 6.10 Å². The number of benzene rings is 4. The fourth-order valence-electron chi connectivity index (χ4n) is 5.30. The van der Waals surface area contributed by atoms with Crippen LogP contribution in [0.25, 0.3) is 11.1 Å². The van der Waals surface area contributed by atoms with Gasteiger partial charge in [-0.25, -0.2) is 4.39 Å². The fourth-order valence-corrected chi connectivity index (χ4v) is 5.70. The van der Waals surface area contributed by atoms with E-state index in [9.17, 15) is 4.79 Å². The Morgan fingerprint density at radius 1 is 0.932 bits per heavy atom. The van der Waals surface area contributed by atoms with Gasteiger partial charge in [0.1, 0.15) is 48.6 Å². The van der Waals surface area contributed by atoms with Crippen LogP contribution < -0.4 is 18.9 Å². The molecular formula is C36H37FO6S. The standard InChI is InChI=1S/C36H37FO6S/c1-23-15-29(39-13-8-14-44-4)16-24(2)36(23)31-17-27(32(37)19-34(31)41-20-26-9-6-5-7-10-26)21-40-28-11-12-30-33(18-28)42-22-35(30)43-25(3)38/h5-7,9-12,15-19,35H,8,13-14,20-22H2,1-4H3/t35-/m1/s1. The average molecular weight is 617 g/mol. The third-order valence-electron chi connectivity index (χ3n) is 7.35. The lowest BCUT2D eigenvalue weighted by Crippen LogP contribution is -2.09. The molecule has 4 aromatic rings. The van der Waals surface area contributed by atoms with Crippen molar-refractivity contribution in [2.24, 2.45) is 0 Å². The number of thioether (sulfide) groups is 1. The van der Waals surface area contributed by atoms with Crippen molar-refractivity contribution < 1.29 is 32.9 Å². The molecule has 0 saturated carbocycles. The lowest BCUT2D eigenvalue weighted by atomic mass is 9.93. The molecule has 0 bridgehead atoms. The molecule has 0 fully saturated rings. The highest BCUT2D eigenvalue weighted by Gasteiger charge is 2.27. The molecule has 1 atom stereocenters. The Hall–Kier alpha value is -4.17. The van der Waals surface area contributed by atoms with Gasteiger partial charge in [0.2, 0.25) is 0 Å². The van der Waals surface area contributed by atoms with Crippen LogP contribution in [0.3, 0.4) is 0 Å². The van der Waals surface area contributed by atoms with Gasteiger partial charge in [0, 0.05) is 35.7 Å². The fraction of sp³-hybridized carbons (Fsp3) is 0.306. The molecule has 5 rings (SSSR count). The van der Waals surface area contributed by atoms with E-state index in [1.165, 1.54) is 13.0 Å². The number of carbonyl (C=O) groups excluding carboxylic acids is 1. The van der Waals surface area contributed by atoms with Gasteiger partial charge in [0.05, 0.1) is 6.61 Å². The highest BCUT2D eigenvalue weighted by molar-refractivity contribution is 7.98. The number of esters is 1. The quantitative estimate of drug-likeness (QED) is 0.110. The van der Waals surface area contributed by atoms with E-state index in [0.717, 1.165) is 51.3 Å². The molecule has 1 aliphatic rings. The van der Waals surface area contributed by atoms with Gasteiger partial charge in [-0.3, -0.25) is 4.79 Å². The molecule has 1 heterocycles. The Kier molecular flexibility index (Phi) is 10.3. The molecule has 0 spiro atoms. The smallest absolute Gasteiger partial charge is 0.303 e. The Balaban J connectivity index is 1.41. The van der Waals surface area contributed by atoms with E-state index in [4.69, 9.17) is 23.7 Å². The van der Waals surface area contributed by atoms with Crippen LogP contribution in [0.1, 0.15) is 47.3 Å². The maximum absolute atomic E-state index is 15.6. The summed E-state index contributed by atoms with van der Waals surface area (Å²) in [6, 6.07) is 22.4. The van der Waals surface area contributed by atoms with Crippen molar-refractivity contribution in [3.8, 4) is 34.1 Å². The van der Waals surface area contributed by atoms with Crippen molar-refractivity contribution in [3.05, 3.63) is 106 Å². The minimum Gasteiger partial charge on any atom is -0.494 e. The molecule has 0 saturated heterocycles. The van der Waals surface area contributed by atoms with Crippen LogP contribution in [0.2, 0.25) is 0 Å². The molecule has 1 aliphatic heterocycles. The number of rotatable bonds is 13. The third kappa shape index (κ3) is 7.66. The van der Waals surface area contributed by atoms with Gasteiger partial charge < -0.3 is 23.7 Å². The zero-order chi connectivity index (χ0) is 31.1. The molecule has 4 aromatic carbocycles. The molecule has 0 amide bonds. The summed E-state index contributed by atoms with van der Waals surface area (Å²) in [5.74, 6) is 2.64. The van der Waals surface area contributed by atoms with Gasteiger partial charge in [0.25, 0.3) is 0 Å². The maximum Gasteiger partial charge on any atom is 0.303 e. The van der Waals surface area contributed by atoms with E-state index in [1.807, 2.05) is 68.4 Å². The molecule has 0 N–H and O–H groups in total. The van der Waals surface area contributed by atoms with E-state index in [2.05, 4.69) is 6.26 Å². The van der Waals surface area contributed by atoms with Crippen LogP contribution in [0.15, 0.2) is 72.8 Å². The molecule has 6 nitrogen and oxygen atoms in total. The van der Waals surface area contributed by atoms with Crippen LogP contribution in [0.5, 0.6) is 23.0 Å². The zero-order valence-corrected chi connectivity index (χ0v) is 26.3. The second kappa shape index (κ2) is 14.5. The Labute approximate surface area is 262 Å². The maximum atomic E-state index is 15.6. The van der Waals surface area contributed by atoms with Crippen LogP contribution >= 0.6 is 11.8 Å². The summed E-state index contributed by atoms with van der Waals surface area (Å²) in [7, 11) is 0. The average Bonchev–Trinajstić information content (AvgIpc) is 3.39. The van der Waals surface area contributed by atoms with Gasteiger partial charge in [-0.15, -0.1) is 0 Å². The summed E-state index contributed by atoms with van der Waals surface area (Å²) in [6.07, 6.45) is 2.62. The van der Waals surface area contributed by atoms with Crippen molar-refractivity contribution in [1.29, 1.82) is 0 Å². The molecule has 8 heteroatoms. The number of hydrogen-bond acceptors (Lipinski definition) is 7. The van der Waals surface area contributed by atoms with E-state index >= 15 is 4.39 Å². The van der Waals surface area contributed by atoms with Gasteiger partial charge in [-0.1, -0.05) is 30.3 Å². The van der Waals surface area contributed by atoms with E-state index in [0.29, 0.717) is 36.0 Å². The minimum absolute atomic E-state index is 0.00130. The van der Waals surface area contributed by atoms with Crippen LogP contribution in [0, 0.1) is 19.7 Å². The molecule has 0 unspecified atom stereocenters. The van der Waals surface area contributed by atoms with Crippen molar-refractivity contribution in [2.75, 3.05) is 25.2 Å². The minimum atomic E-state index is -0.446. The zero-order valence-electron chi connectivity index (χ0n) is 25.5. The molecule has 44 heavy (non-hydrogen) atoms. The van der Waals surface area contributed by atoms with Crippen molar-refractivity contribution in [2.45, 2.75) is 46.5 Å². The number of halogens is 1. The second-order valence-corrected chi connectivity index (χ2v) is 11.7. The second-order valence-electron chi connectivity index (χ2n) is 10.7. The molecule has 0 radical (unpaired) electrons. The Bertz CT molecular complexity index is 1580. The predicted octanol–water partition coefficient (Wildman–Crippen LogP) is 8.40. The Morgan fingerprint density at radius 3 is 2.43 bits per heavy atom. The number of hydrogen-bond donors (Lipinski definition) is 0. The lowest BCUT2D eigenvalue weighted by Gasteiger charge is -2.19. The number of carbonyl (C=O) groups is 1. The van der Waals surface area contributed by atoms with Gasteiger partial charge in [-0.2, -0.15) is 11.8 Å². The first kappa shape index (κ1) is 31.3. The highest BCUT2D eigenvalue weighted by Crippen LogP contribution is 2.40. The topological polar surface area (TPSA) is 63.2 Å². The van der Waals surface area contributed by atoms with E-state index in [1.54, 1.807) is 23.9 Å². The number of fused-ring (bicyclic) bond motifs is 1. The van der Waals surface area contributed by atoms with Crippen LogP contribution in [0.4, 0.5) is 4.39 Å². The third-order valence-corrected chi connectivity index (χ3v) is 8.04. The summed E-state index contributed by atoms with van der Waals surface area (Å²) in [6.45, 7) is 6.65. The van der Waals surface area contributed by atoms with Crippen LogP contribution in [-0.2, 0) is 22.7 Å². The number of aryl methyl sites for hydroxylation is 2. The summed E-state index contributed by atoms with van der Waals surface area (Å²) in [5.41, 5.74) is 5.92. The van der Waals surface area contributed by atoms with Gasteiger partial charge in [-0.05, 0) is 84.9 Å². The van der Waals surface area contributed by atoms with Crippen molar-refractivity contribution in [1.82, 2.24) is 0 Å². The molecular weight excluding hydrogens is 579 g/mol. The van der Waals surface area contributed by atoms with E-state index in [-0.39, 0.29) is 19.2 Å². The van der Waals surface area contributed by atoms with Crippen LogP contribution in [-0.4, -0.2) is 31.2 Å². The van der Waals surface area contributed by atoms with Gasteiger partial charge >= 0.3 is 5.97 Å². The highest BCUT2D eigenvalue weighted by atomic mass is 32.2. The first-order valence-corrected chi connectivity index (χ1v) is 16.0. The summed E-state index contributed by atoms with van der Waals surface area (Å²) in [5, 5.41) is 0. The lowest BCUT2D eigenvalue weighted by molar-refractivity contribution is -0.147. The Morgan fingerprint density at radius 2 is 1.70 bits per heavy atom. The monoisotopic (exact) mass is 616 g/mol. The normalized spacial score (nSPS) is 13.6.